The topological polar surface area (TPSA) is 104 Å². The second kappa shape index (κ2) is 10.8. The molecule has 3 N–H and O–H groups in total. The van der Waals surface area contributed by atoms with Crippen LogP contribution in [0.1, 0.15) is 34.1 Å². The quantitative estimate of drug-likeness (QED) is 0.444. The largest absolute Gasteiger partial charge is 0.478 e. The van der Waals surface area contributed by atoms with Crippen molar-refractivity contribution in [3.63, 3.8) is 0 Å². The lowest BCUT2D eigenvalue weighted by molar-refractivity contribution is -0.131. The van der Waals surface area contributed by atoms with Gasteiger partial charge in [0.15, 0.2) is 0 Å². The predicted octanol–water partition coefficient (Wildman–Crippen LogP) is 3.69. The summed E-state index contributed by atoms with van der Waals surface area (Å²) in [5, 5.41) is 15.0. The van der Waals surface area contributed by atoms with E-state index in [4.69, 9.17) is 5.11 Å². The Morgan fingerprint density at radius 1 is 1.12 bits per heavy atom. The number of hydrogen-bond donors (Lipinski definition) is 3. The number of hydrogen-bond acceptors (Lipinski definition) is 5. The van der Waals surface area contributed by atoms with Gasteiger partial charge in [-0.05, 0) is 60.4 Å². The summed E-state index contributed by atoms with van der Waals surface area (Å²) >= 11 is 0. The van der Waals surface area contributed by atoms with Crippen molar-refractivity contribution in [2.24, 2.45) is 0 Å². The number of aromatic nitrogens is 2. The Balaban J connectivity index is 1.79. The fraction of sp³-hybridized carbons (Fsp3) is 0.167. The van der Waals surface area contributed by atoms with Crippen LogP contribution in [0.2, 0.25) is 0 Å². The van der Waals surface area contributed by atoms with E-state index in [1.807, 2.05) is 12.1 Å². The number of nitrogens with one attached hydrogen (secondary N) is 2. The third-order valence-electron chi connectivity index (χ3n) is 4.65. The highest BCUT2D eigenvalue weighted by Crippen LogP contribution is 2.19. The van der Waals surface area contributed by atoms with Crippen molar-refractivity contribution in [3.8, 4) is 0 Å². The van der Waals surface area contributed by atoms with Gasteiger partial charge < -0.3 is 15.7 Å². The third-order valence-corrected chi connectivity index (χ3v) is 4.65. The van der Waals surface area contributed by atoms with Crippen molar-refractivity contribution in [1.82, 2.24) is 15.3 Å². The van der Waals surface area contributed by atoms with E-state index in [1.165, 1.54) is 12.1 Å². The highest BCUT2D eigenvalue weighted by atomic mass is 19.1. The number of anilines is 1. The molecule has 0 aliphatic carbocycles. The Bertz CT molecular complexity index is 1130. The average molecular weight is 434 g/mol. The number of aliphatic carboxylic acids is 1. The number of carboxylic acids is 1. The molecule has 8 heteroatoms. The second-order valence-electron chi connectivity index (χ2n) is 7.11. The molecular weight excluding hydrogens is 411 g/mol. The number of carboxylic acid groups (broad SMARTS) is 1. The molecule has 0 radical (unpaired) electrons. The molecule has 1 amide bonds. The molecule has 0 aliphatic rings. The molecule has 0 unspecified atom stereocenters. The Hall–Kier alpha value is -4.07. The maximum Gasteiger partial charge on any atom is 0.328 e. The lowest BCUT2D eigenvalue weighted by Crippen LogP contribution is -2.25. The standard InChI is InChI=1S/C24H23FN4O3/c1-16(12-22(30)31)21-8-7-20(24(32)28-15-18-5-3-10-26-14-18)23(29-21)27-11-9-17-4-2-6-19(25)13-17/h2-8,10,12-14H,9,11,15H2,1H3,(H,27,29)(H,28,32)(H,30,31)/b16-12+. The highest BCUT2D eigenvalue weighted by molar-refractivity contribution is 5.99. The summed E-state index contributed by atoms with van der Waals surface area (Å²) in [7, 11) is 0. The molecule has 0 saturated carbocycles. The number of carbonyl (C=O) groups excluding carboxylic acids is 1. The summed E-state index contributed by atoms with van der Waals surface area (Å²) in [5.41, 5.74) is 2.86. The molecule has 2 heterocycles. The van der Waals surface area contributed by atoms with Crippen LogP contribution in [0.5, 0.6) is 0 Å². The van der Waals surface area contributed by atoms with Gasteiger partial charge in [0.25, 0.3) is 5.91 Å². The number of halogens is 1. The zero-order valence-electron chi connectivity index (χ0n) is 17.5. The Kier molecular flexibility index (Phi) is 7.64. The first-order valence-electron chi connectivity index (χ1n) is 10.0. The van der Waals surface area contributed by atoms with Crippen molar-refractivity contribution in [2.75, 3.05) is 11.9 Å². The number of amides is 1. The smallest absolute Gasteiger partial charge is 0.328 e. The molecular formula is C24H23FN4O3. The Labute approximate surface area is 185 Å². The maximum atomic E-state index is 13.4. The van der Waals surface area contributed by atoms with Crippen LogP contribution in [0.3, 0.4) is 0 Å². The molecule has 32 heavy (non-hydrogen) atoms. The molecule has 0 bridgehead atoms. The summed E-state index contributed by atoms with van der Waals surface area (Å²) < 4.78 is 13.4. The molecule has 0 aliphatic heterocycles. The minimum absolute atomic E-state index is 0.301. The van der Waals surface area contributed by atoms with Gasteiger partial charge in [-0.15, -0.1) is 0 Å². The number of rotatable bonds is 9. The van der Waals surface area contributed by atoms with Crippen molar-refractivity contribution in [2.45, 2.75) is 19.9 Å². The first-order chi connectivity index (χ1) is 15.4. The molecule has 0 atom stereocenters. The minimum Gasteiger partial charge on any atom is -0.478 e. The lowest BCUT2D eigenvalue weighted by atomic mass is 10.1. The van der Waals surface area contributed by atoms with E-state index < -0.39 is 5.97 Å². The molecule has 2 aromatic heterocycles. The van der Waals surface area contributed by atoms with Gasteiger partial charge in [0.2, 0.25) is 0 Å². The third kappa shape index (κ3) is 6.46. The minimum atomic E-state index is -1.08. The molecule has 0 saturated heterocycles. The summed E-state index contributed by atoms with van der Waals surface area (Å²) in [4.78, 5) is 32.3. The van der Waals surface area contributed by atoms with Gasteiger partial charge in [0.05, 0.1) is 11.3 Å². The van der Waals surface area contributed by atoms with Crippen LogP contribution in [0.25, 0.3) is 5.57 Å². The normalized spacial score (nSPS) is 11.1. The zero-order valence-corrected chi connectivity index (χ0v) is 17.5. The predicted molar refractivity (Wildman–Crippen MR) is 120 cm³/mol. The number of benzene rings is 1. The zero-order chi connectivity index (χ0) is 22.9. The van der Waals surface area contributed by atoms with Gasteiger partial charge in [0.1, 0.15) is 11.6 Å². The van der Waals surface area contributed by atoms with Crippen LogP contribution >= 0.6 is 0 Å². The Morgan fingerprint density at radius 3 is 2.66 bits per heavy atom. The summed E-state index contributed by atoms with van der Waals surface area (Å²) in [6, 6.07) is 13.1. The van der Waals surface area contributed by atoms with E-state index in [1.54, 1.807) is 43.6 Å². The second-order valence-corrected chi connectivity index (χ2v) is 7.11. The molecule has 3 aromatic rings. The van der Waals surface area contributed by atoms with Gasteiger partial charge in [-0.1, -0.05) is 18.2 Å². The Morgan fingerprint density at radius 2 is 1.94 bits per heavy atom. The molecule has 0 spiro atoms. The fourth-order valence-corrected chi connectivity index (χ4v) is 3.05. The first-order valence-corrected chi connectivity index (χ1v) is 10.0. The van der Waals surface area contributed by atoms with Gasteiger partial charge in [0, 0.05) is 31.6 Å². The number of carbonyl (C=O) groups is 2. The number of allylic oxidation sites excluding steroid dienone is 1. The van der Waals surface area contributed by atoms with Gasteiger partial charge in [-0.3, -0.25) is 9.78 Å². The summed E-state index contributed by atoms with van der Waals surface area (Å²) in [6.07, 6.45) is 4.90. The molecule has 0 fully saturated rings. The number of pyridine rings is 2. The first kappa shape index (κ1) is 22.6. The molecule has 164 valence electrons. The van der Waals surface area contributed by atoms with Crippen LogP contribution in [0, 0.1) is 5.82 Å². The van der Waals surface area contributed by atoms with E-state index >= 15 is 0 Å². The summed E-state index contributed by atoms with van der Waals surface area (Å²) in [5.74, 6) is -1.41. The van der Waals surface area contributed by atoms with Crippen LogP contribution in [0.4, 0.5) is 10.2 Å². The van der Waals surface area contributed by atoms with E-state index in [0.717, 1.165) is 17.2 Å². The SMILES string of the molecule is C/C(=C\C(=O)O)c1ccc(C(=O)NCc2cccnc2)c(NCCc2cccc(F)c2)n1. The van der Waals surface area contributed by atoms with Gasteiger partial charge in [-0.25, -0.2) is 14.2 Å². The van der Waals surface area contributed by atoms with Gasteiger partial charge in [-0.2, -0.15) is 0 Å². The van der Waals surface area contributed by atoms with E-state index in [2.05, 4.69) is 20.6 Å². The van der Waals surface area contributed by atoms with E-state index in [0.29, 0.717) is 42.2 Å². The van der Waals surface area contributed by atoms with Crippen molar-refractivity contribution < 1.29 is 19.1 Å². The van der Waals surface area contributed by atoms with Crippen molar-refractivity contribution >= 4 is 23.3 Å². The van der Waals surface area contributed by atoms with E-state index in [9.17, 15) is 14.0 Å². The molecule has 7 nitrogen and oxygen atoms in total. The summed E-state index contributed by atoms with van der Waals surface area (Å²) in [6.45, 7) is 2.34. The van der Waals surface area contributed by atoms with Crippen LogP contribution in [-0.2, 0) is 17.8 Å². The van der Waals surface area contributed by atoms with Crippen LogP contribution in [-0.4, -0.2) is 33.5 Å². The van der Waals surface area contributed by atoms with Crippen LogP contribution in [0.15, 0.2) is 67.0 Å². The van der Waals surface area contributed by atoms with E-state index in [-0.39, 0.29) is 11.7 Å². The fourth-order valence-electron chi connectivity index (χ4n) is 3.05. The maximum absolute atomic E-state index is 13.4. The van der Waals surface area contributed by atoms with Crippen molar-refractivity contribution in [1.29, 1.82) is 0 Å². The number of nitrogens with zero attached hydrogens (tertiary/aromatic N) is 2. The lowest BCUT2D eigenvalue weighted by Gasteiger charge is -2.13. The average Bonchev–Trinajstić information content (AvgIpc) is 2.78. The molecule has 3 rings (SSSR count). The van der Waals surface area contributed by atoms with Gasteiger partial charge >= 0.3 is 5.97 Å². The highest BCUT2D eigenvalue weighted by Gasteiger charge is 2.15. The monoisotopic (exact) mass is 434 g/mol. The molecule has 1 aromatic carbocycles. The van der Waals surface area contributed by atoms with Crippen LogP contribution < -0.4 is 10.6 Å². The van der Waals surface area contributed by atoms with Crippen molar-refractivity contribution in [3.05, 3.63) is 95.2 Å².